The van der Waals surface area contributed by atoms with Crippen LogP contribution in [0.5, 0.6) is 11.5 Å². The van der Waals surface area contributed by atoms with E-state index >= 15 is 0 Å². The molecule has 34 heavy (non-hydrogen) atoms. The van der Waals surface area contributed by atoms with E-state index in [2.05, 4.69) is 0 Å². The zero-order chi connectivity index (χ0) is 25.7. The molecule has 2 rings (SSSR count). The Morgan fingerprint density at radius 3 is 2.18 bits per heavy atom. The SMILES string of the molecule is CC(C)=CCc1cc(C(O)C(=O)O)c(CC=C(C)C)c(O)c1O[C@@H]1O[C@H](CO)[C@@H](O)[C@H](O)[C@H]1O. The summed E-state index contributed by atoms with van der Waals surface area (Å²) < 4.78 is 11.2. The van der Waals surface area contributed by atoms with Crippen molar-refractivity contribution in [3.05, 3.63) is 46.1 Å². The Morgan fingerprint density at radius 2 is 1.65 bits per heavy atom. The molecular weight excluding hydrogens is 448 g/mol. The van der Waals surface area contributed by atoms with Crippen molar-refractivity contribution in [2.75, 3.05) is 6.61 Å². The summed E-state index contributed by atoms with van der Waals surface area (Å²) in [5, 5.41) is 70.8. The van der Waals surface area contributed by atoms with Crippen LogP contribution in [0.3, 0.4) is 0 Å². The standard InChI is InChI=1S/C24H34O10/c1-11(2)5-7-13-9-15(18(27)23(31)32)14(8-6-12(3)4)17(26)22(13)34-24-21(30)20(29)19(28)16(10-25)33-24/h5-6,9,16,18-21,24-30H,7-8,10H2,1-4H3,(H,31,32)/t16-,18?,19-,20+,21-,24+/m1/s1. The third-order valence-electron chi connectivity index (χ3n) is 5.53. The molecule has 7 N–H and O–H groups in total. The molecule has 1 aromatic rings. The smallest absolute Gasteiger partial charge is 0.337 e. The first kappa shape index (κ1) is 27.8. The number of benzene rings is 1. The van der Waals surface area contributed by atoms with Gasteiger partial charge in [0.25, 0.3) is 0 Å². The third-order valence-corrected chi connectivity index (χ3v) is 5.53. The van der Waals surface area contributed by atoms with Gasteiger partial charge in [-0.2, -0.15) is 0 Å². The summed E-state index contributed by atoms with van der Waals surface area (Å²) in [6, 6.07) is 1.41. The van der Waals surface area contributed by atoms with E-state index in [-0.39, 0.29) is 29.7 Å². The number of carboxylic acid groups (broad SMARTS) is 1. The molecule has 6 atom stereocenters. The van der Waals surface area contributed by atoms with Gasteiger partial charge in [0.05, 0.1) is 6.61 Å². The predicted molar refractivity (Wildman–Crippen MR) is 121 cm³/mol. The van der Waals surface area contributed by atoms with E-state index in [1.165, 1.54) is 6.07 Å². The molecule has 0 aromatic heterocycles. The van der Waals surface area contributed by atoms with E-state index in [1.807, 2.05) is 27.7 Å². The van der Waals surface area contributed by atoms with Crippen LogP contribution in [0.15, 0.2) is 29.4 Å². The van der Waals surface area contributed by atoms with Crippen molar-refractivity contribution in [2.24, 2.45) is 0 Å². The number of aliphatic carboxylic acids is 1. The highest BCUT2D eigenvalue weighted by Crippen LogP contribution is 2.41. The topological polar surface area (TPSA) is 177 Å². The van der Waals surface area contributed by atoms with Gasteiger partial charge in [0.15, 0.2) is 17.6 Å². The number of aliphatic hydroxyl groups excluding tert-OH is 5. The van der Waals surface area contributed by atoms with Crippen molar-refractivity contribution >= 4 is 5.97 Å². The molecule has 0 saturated carbocycles. The molecule has 10 heteroatoms. The minimum atomic E-state index is -1.90. The number of carbonyl (C=O) groups is 1. The summed E-state index contributed by atoms with van der Waals surface area (Å²) in [6.45, 7) is 6.66. The Bertz CT molecular complexity index is 928. The number of aliphatic hydroxyl groups is 5. The van der Waals surface area contributed by atoms with E-state index in [1.54, 1.807) is 12.2 Å². The van der Waals surface area contributed by atoms with Gasteiger partial charge < -0.3 is 45.2 Å². The normalized spacial score (nSPS) is 25.4. The van der Waals surface area contributed by atoms with Crippen molar-refractivity contribution < 1.29 is 50.0 Å². The number of aromatic hydroxyl groups is 1. The molecule has 0 radical (unpaired) electrons. The number of hydrogen-bond acceptors (Lipinski definition) is 9. The quantitative estimate of drug-likeness (QED) is 0.248. The van der Waals surface area contributed by atoms with Gasteiger partial charge in [0.2, 0.25) is 6.29 Å². The summed E-state index contributed by atoms with van der Waals surface area (Å²) in [5.41, 5.74) is 2.21. The van der Waals surface area contributed by atoms with Crippen LogP contribution in [0, 0.1) is 0 Å². The Labute approximate surface area is 198 Å². The molecule has 1 heterocycles. The number of hydrogen-bond donors (Lipinski definition) is 7. The number of phenolic OH excluding ortho intramolecular Hbond substituents is 1. The van der Waals surface area contributed by atoms with Gasteiger partial charge in [0.1, 0.15) is 24.4 Å². The van der Waals surface area contributed by atoms with E-state index in [9.17, 15) is 40.5 Å². The average molecular weight is 483 g/mol. The number of allylic oxidation sites excluding steroid dienone is 4. The summed E-state index contributed by atoms with van der Waals surface area (Å²) in [7, 11) is 0. The highest BCUT2D eigenvalue weighted by Gasteiger charge is 2.45. The molecule has 1 fully saturated rings. The van der Waals surface area contributed by atoms with Crippen molar-refractivity contribution in [3.8, 4) is 11.5 Å². The molecule has 0 amide bonds. The van der Waals surface area contributed by atoms with Crippen molar-refractivity contribution in [2.45, 2.75) is 77.3 Å². The maximum atomic E-state index is 11.5. The summed E-state index contributed by atoms with van der Waals surface area (Å²) in [4.78, 5) is 11.5. The summed E-state index contributed by atoms with van der Waals surface area (Å²) >= 11 is 0. The fourth-order valence-corrected chi connectivity index (χ4v) is 3.54. The largest absolute Gasteiger partial charge is 0.504 e. The van der Waals surface area contributed by atoms with Gasteiger partial charge in [-0.25, -0.2) is 4.79 Å². The van der Waals surface area contributed by atoms with Crippen molar-refractivity contribution in [3.63, 3.8) is 0 Å². The summed E-state index contributed by atoms with van der Waals surface area (Å²) in [6.07, 6.45) is -5.85. The number of phenols is 1. The van der Waals surface area contributed by atoms with Crippen LogP contribution in [-0.2, 0) is 22.4 Å². The zero-order valence-electron chi connectivity index (χ0n) is 19.7. The number of ether oxygens (including phenoxy) is 2. The Balaban J connectivity index is 2.65. The van der Waals surface area contributed by atoms with Crippen LogP contribution in [-0.4, -0.2) is 79.0 Å². The molecular formula is C24H34O10. The first-order valence-electron chi connectivity index (χ1n) is 10.9. The molecule has 0 aliphatic carbocycles. The van der Waals surface area contributed by atoms with Crippen LogP contribution in [0.1, 0.15) is 50.5 Å². The molecule has 1 unspecified atom stereocenters. The van der Waals surface area contributed by atoms with E-state index in [4.69, 9.17) is 9.47 Å². The minimum Gasteiger partial charge on any atom is -0.504 e. The third kappa shape index (κ3) is 6.35. The van der Waals surface area contributed by atoms with Gasteiger partial charge in [-0.1, -0.05) is 23.3 Å². The second-order valence-corrected chi connectivity index (χ2v) is 8.81. The number of rotatable bonds is 9. The molecule has 1 aliphatic heterocycles. The highest BCUT2D eigenvalue weighted by molar-refractivity contribution is 5.76. The number of carboxylic acids is 1. The Kier molecular flexibility index (Phi) is 9.63. The van der Waals surface area contributed by atoms with Crippen LogP contribution in [0.2, 0.25) is 0 Å². The fraction of sp³-hybridized carbons (Fsp3) is 0.542. The molecule has 1 aromatic carbocycles. The maximum absolute atomic E-state index is 11.5. The predicted octanol–water partition coefficient (Wildman–Crippen LogP) is 0.706. The highest BCUT2D eigenvalue weighted by atomic mass is 16.7. The van der Waals surface area contributed by atoms with Gasteiger partial charge in [-0.05, 0) is 52.2 Å². The van der Waals surface area contributed by atoms with Crippen molar-refractivity contribution in [1.82, 2.24) is 0 Å². The van der Waals surface area contributed by atoms with Gasteiger partial charge in [-0.3, -0.25) is 0 Å². The van der Waals surface area contributed by atoms with E-state index in [0.717, 1.165) is 11.1 Å². The summed E-state index contributed by atoms with van der Waals surface area (Å²) in [5.74, 6) is -2.08. The Morgan fingerprint density at radius 1 is 1.06 bits per heavy atom. The molecule has 0 spiro atoms. The molecule has 0 bridgehead atoms. The molecule has 1 aliphatic rings. The van der Waals surface area contributed by atoms with Crippen molar-refractivity contribution in [1.29, 1.82) is 0 Å². The first-order chi connectivity index (χ1) is 15.9. The van der Waals surface area contributed by atoms with Gasteiger partial charge in [-0.15, -0.1) is 0 Å². The first-order valence-corrected chi connectivity index (χ1v) is 10.9. The maximum Gasteiger partial charge on any atom is 0.337 e. The zero-order valence-corrected chi connectivity index (χ0v) is 19.7. The van der Waals surface area contributed by atoms with Crippen LogP contribution < -0.4 is 4.74 Å². The van der Waals surface area contributed by atoms with Crippen LogP contribution in [0.4, 0.5) is 0 Å². The minimum absolute atomic E-state index is 0.0131. The molecule has 10 nitrogen and oxygen atoms in total. The lowest BCUT2D eigenvalue weighted by molar-refractivity contribution is -0.277. The fourth-order valence-electron chi connectivity index (χ4n) is 3.54. The Hall–Kier alpha value is -2.47. The lowest BCUT2D eigenvalue weighted by atomic mass is 9.93. The lowest BCUT2D eigenvalue weighted by Crippen LogP contribution is -2.60. The second kappa shape index (κ2) is 11.8. The lowest BCUT2D eigenvalue weighted by Gasteiger charge is -2.40. The molecule has 1 saturated heterocycles. The molecule has 190 valence electrons. The second-order valence-electron chi connectivity index (χ2n) is 8.81. The van der Waals surface area contributed by atoms with Gasteiger partial charge in [0, 0.05) is 11.1 Å². The average Bonchev–Trinajstić information content (AvgIpc) is 2.77. The van der Waals surface area contributed by atoms with Gasteiger partial charge >= 0.3 is 5.97 Å². The van der Waals surface area contributed by atoms with E-state index in [0.29, 0.717) is 5.56 Å². The van der Waals surface area contributed by atoms with Crippen LogP contribution in [0.25, 0.3) is 0 Å². The van der Waals surface area contributed by atoms with Crippen LogP contribution >= 0.6 is 0 Å². The van der Waals surface area contributed by atoms with E-state index < -0.39 is 55.1 Å². The monoisotopic (exact) mass is 482 g/mol.